The summed E-state index contributed by atoms with van der Waals surface area (Å²) >= 11 is 0. The van der Waals surface area contributed by atoms with E-state index in [4.69, 9.17) is 5.11 Å². The van der Waals surface area contributed by atoms with E-state index in [1.54, 1.807) is 0 Å². The number of hydrogen-bond acceptors (Lipinski definition) is 1. The Morgan fingerprint density at radius 2 is 1.68 bits per heavy atom. The van der Waals surface area contributed by atoms with Gasteiger partial charge in [0.05, 0.1) is 0 Å². The first-order valence-electron chi connectivity index (χ1n) is 9.75. The molecular formula is C23H34O2. The summed E-state index contributed by atoms with van der Waals surface area (Å²) in [5, 5.41) is 8.59. The van der Waals surface area contributed by atoms with Gasteiger partial charge in [0.25, 0.3) is 0 Å². The third-order valence-corrected chi connectivity index (χ3v) is 4.81. The molecule has 0 saturated heterocycles. The van der Waals surface area contributed by atoms with Crippen molar-refractivity contribution in [2.75, 3.05) is 0 Å². The lowest BCUT2D eigenvalue weighted by molar-refractivity contribution is -0.137. The van der Waals surface area contributed by atoms with Crippen LogP contribution in [0.5, 0.6) is 0 Å². The molecule has 0 aliphatic rings. The molecule has 0 bridgehead atoms. The van der Waals surface area contributed by atoms with Crippen LogP contribution in [0.25, 0.3) is 0 Å². The Morgan fingerprint density at radius 1 is 1.08 bits per heavy atom. The number of benzene rings is 1. The molecule has 0 aliphatic carbocycles. The predicted octanol–water partition coefficient (Wildman–Crippen LogP) is 6.48. The van der Waals surface area contributed by atoms with E-state index in [1.807, 2.05) is 0 Å². The van der Waals surface area contributed by atoms with E-state index in [0.29, 0.717) is 12.3 Å². The fourth-order valence-electron chi connectivity index (χ4n) is 3.28. The van der Waals surface area contributed by atoms with Gasteiger partial charge in [0, 0.05) is 6.42 Å². The molecule has 0 radical (unpaired) electrons. The lowest BCUT2D eigenvalue weighted by Crippen LogP contribution is -2.03. The van der Waals surface area contributed by atoms with Crippen molar-refractivity contribution in [3.8, 4) is 0 Å². The SMILES string of the molecule is C=C=CC(CCCCCCCCCCC(=O)O)Cc1ccccc1C. The van der Waals surface area contributed by atoms with Gasteiger partial charge in [-0.1, -0.05) is 75.8 Å². The molecule has 0 heterocycles. The van der Waals surface area contributed by atoms with Crippen LogP contribution in [-0.4, -0.2) is 11.1 Å². The number of rotatable bonds is 14. The molecule has 1 N–H and O–H groups in total. The molecular weight excluding hydrogens is 308 g/mol. The molecule has 1 unspecified atom stereocenters. The van der Waals surface area contributed by atoms with Crippen molar-refractivity contribution in [1.29, 1.82) is 0 Å². The maximum Gasteiger partial charge on any atom is 0.303 e. The van der Waals surface area contributed by atoms with Crippen LogP contribution in [0.3, 0.4) is 0 Å². The van der Waals surface area contributed by atoms with Gasteiger partial charge in [-0.3, -0.25) is 4.79 Å². The first-order valence-corrected chi connectivity index (χ1v) is 9.75. The van der Waals surface area contributed by atoms with Crippen LogP contribution in [0.15, 0.2) is 42.7 Å². The molecule has 1 atom stereocenters. The maximum atomic E-state index is 10.4. The quantitative estimate of drug-likeness (QED) is 0.310. The molecule has 2 heteroatoms. The van der Waals surface area contributed by atoms with Gasteiger partial charge < -0.3 is 5.11 Å². The highest BCUT2D eigenvalue weighted by molar-refractivity contribution is 5.66. The summed E-state index contributed by atoms with van der Waals surface area (Å²) in [5.74, 6) is -0.136. The summed E-state index contributed by atoms with van der Waals surface area (Å²) in [6.45, 7) is 5.93. The summed E-state index contributed by atoms with van der Waals surface area (Å²) in [6, 6.07) is 8.62. The normalized spacial score (nSPS) is 11.7. The fraction of sp³-hybridized carbons (Fsp3) is 0.565. The molecule has 0 spiro atoms. The van der Waals surface area contributed by atoms with Gasteiger partial charge in [-0.25, -0.2) is 0 Å². The Labute approximate surface area is 153 Å². The van der Waals surface area contributed by atoms with Gasteiger partial charge in [-0.05, 0) is 49.3 Å². The number of carbonyl (C=O) groups is 1. The first-order chi connectivity index (χ1) is 12.1. The van der Waals surface area contributed by atoms with Crippen LogP contribution in [-0.2, 0) is 11.2 Å². The smallest absolute Gasteiger partial charge is 0.303 e. The third kappa shape index (κ3) is 10.6. The molecule has 1 aromatic carbocycles. The van der Waals surface area contributed by atoms with E-state index >= 15 is 0 Å². The van der Waals surface area contributed by atoms with E-state index in [9.17, 15) is 4.79 Å². The number of unbranched alkanes of at least 4 members (excludes halogenated alkanes) is 7. The second-order valence-electron chi connectivity index (χ2n) is 7.02. The maximum absolute atomic E-state index is 10.4. The van der Waals surface area contributed by atoms with Crippen LogP contribution >= 0.6 is 0 Å². The van der Waals surface area contributed by atoms with Gasteiger partial charge in [-0.2, -0.15) is 0 Å². The van der Waals surface area contributed by atoms with Crippen LogP contribution < -0.4 is 0 Å². The zero-order chi connectivity index (χ0) is 18.3. The molecule has 0 fully saturated rings. The second kappa shape index (κ2) is 13.5. The lowest BCUT2D eigenvalue weighted by Gasteiger charge is -2.14. The number of carboxylic acids is 1. The molecule has 1 rings (SSSR count). The summed E-state index contributed by atoms with van der Waals surface area (Å²) in [5.41, 5.74) is 5.78. The highest BCUT2D eigenvalue weighted by Gasteiger charge is 2.08. The van der Waals surface area contributed by atoms with Gasteiger partial charge in [0.2, 0.25) is 0 Å². The first kappa shape index (κ1) is 21.3. The van der Waals surface area contributed by atoms with Crippen molar-refractivity contribution in [2.45, 2.75) is 77.6 Å². The summed E-state index contributed by atoms with van der Waals surface area (Å²) in [4.78, 5) is 10.4. The zero-order valence-corrected chi connectivity index (χ0v) is 15.8. The lowest BCUT2D eigenvalue weighted by atomic mass is 9.91. The van der Waals surface area contributed by atoms with Crippen LogP contribution in [0.1, 0.15) is 75.3 Å². The van der Waals surface area contributed by atoms with Crippen molar-refractivity contribution >= 4 is 5.97 Å². The number of hydrogen-bond donors (Lipinski definition) is 1. The second-order valence-corrected chi connectivity index (χ2v) is 7.02. The Morgan fingerprint density at radius 3 is 2.28 bits per heavy atom. The number of carboxylic acid groups (broad SMARTS) is 1. The van der Waals surface area contributed by atoms with Crippen LogP contribution in [0, 0.1) is 12.8 Å². The molecule has 25 heavy (non-hydrogen) atoms. The highest BCUT2D eigenvalue weighted by atomic mass is 16.4. The van der Waals surface area contributed by atoms with E-state index in [1.165, 1.54) is 56.1 Å². The Bertz CT molecular complexity index is 541. The monoisotopic (exact) mass is 342 g/mol. The third-order valence-electron chi connectivity index (χ3n) is 4.81. The minimum Gasteiger partial charge on any atom is -0.481 e. The number of aryl methyl sites for hydroxylation is 1. The number of allylic oxidation sites excluding steroid dienone is 1. The molecule has 1 aromatic rings. The average Bonchev–Trinajstić information content (AvgIpc) is 2.58. The summed E-state index contributed by atoms with van der Waals surface area (Å²) in [6.07, 6.45) is 14.1. The van der Waals surface area contributed by atoms with Crippen molar-refractivity contribution in [3.63, 3.8) is 0 Å². The Hall–Kier alpha value is -1.79. The molecule has 0 saturated carbocycles. The Balaban J connectivity index is 2.12. The van der Waals surface area contributed by atoms with Crippen molar-refractivity contribution < 1.29 is 9.90 Å². The van der Waals surface area contributed by atoms with E-state index in [2.05, 4.69) is 49.6 Å². The van der Waals surface area contributed by atoms with Gasteiger partial charge in [-0.15, -0.1) is 5.73 Å². The van der Waals surface area contributed by atoms with Crippen LogP contribution in [0.2, 0.25) is 0 Å². The zero-order valence-electron chi connectivity index (χ0n) is 15.8. The van der Waals surface area contributed by atoms with E-state index < -0.39 is 5.97 Å². The number of aliphatic carboxylic acids is 1. The van der Waals surface area contributed by atoms with Crippen molar-refractivity contribution in [1.82, 2.24) is 0 Å². The van der Waals surface area contributed by atoms with E-state index in [-0.39, 0.29) is 0 Å². The van der Waals surface area contributed by atoms with Gasteiger partial charge in [0.1, 0.15) is 0 Å². The van der Waals surface area contributed by atoms with Crippen molar-refractivity contribution in [2.24, 2.45) is 5.92 Å². The standard InChI is InChI=1S/C23H34O2/c1-3-14-21(19-22-17-13-12-15-20(22)2)16-10-8-6-4-5-7-9-11-18-23(24)25/h12-15,17,21H,1,4-11,16,18-19H2,2H3,(H,24,25). The molecule has 138 valence electrons. The topological polar surface area (TPSA) is 37.3 Å². The Kier molecular flexibility index (Phi) is 11.5. The van der Waals surface area contributed by atoms with Gasteiger partial charge >= 0.3 is 5.97 Å². The predicted molar refractivity (Wildman–Crippen MR) is 106 cm³/mol. The van der Waals surface area contributed by atoms with Gasteiger partial charge in [0.15, 0.2) is 0 Å². The molecule has 0 amide bonds. The molecule has 2 nitrogen and oxygen atoms in total. The fourth-order valence-corrected chi connectivity index (χ4v) is 3.28. The summed E-state index contributed by atoms with van der Waals surface area (Å²) in [7, 11) is 0. The average molecular weight is 343 g/mol. The molecule has 0 aliphatic heterocycles. The van der Waals surface area contributed by atoms with Crippen LogP contribution in [0.4, 0.5) is 0 Å². The van der Waals surface area contributed by atoms with E-state index in [0.717, 1.165) is 19.3 Å². The highest BCUT2D eigenvalue weighted by Crippen LogP contribution is 2.20. The minimum absolute atomic E-state index is 0.319. The largest absolute Gasteiger partial charge is 0.481 e. The molecule has 0 aromatic heterocycles. The minimum atomic E-state index is -0.672. The van der Waals surface area contributed by atoms with Crippen molar-refractivity contribution in [3.05, 3.63) is 53.8 Å². The summed E-state index contributed by atoms with van der Waals surface area (Å²) < 4.78 is 0.